The first kappa shape index (κ1) is 12.8. The second kappa shape index (κ2) is 5.06. The molecule has 0 saturated carbocycles. The average Bonchev–Trinajstić information content (AvgIpc) is 2.77. The number of aromatic nitrogens is 2. The van der Waals surface area contributed by atoms with Gasteiger partial charge in [-0.15, -0.1) is 0 Å². The Morgan fingerprint density at radius 2 is 1.95 bits per heavy atom. The zero-order valence-corrected chi connectivity index (χ0v) is 11.6. The maximum atomic E-state index is 12.1. The fraction of sp³-hybridized carbons (Fsp3) is 0.133. The molecule has 20 heavy (non-hydrogen) atoms. The normalized spacial score (nSPS) is 10.9. The summed E-state index contributed by atoms with van der Waals surface area (Å²) >= 11 is 5.87. The van der Waals surface area contributed by atoms with Crippen LogP contribution in [0.1, 0.15) is 5.56 Å². The van der Waals surface area contributed by atoms with E-state index in [1.54, 1.807) is 11.7 Å². The van der Waals surface area contributed by atoms with Gasteiger partial charge in [0.05, 0.1) is 24.7 Å². The highest BCUT2D eigenvalue weighted by Crippen LogP contribution is 2.19. The summed E-state index contributed by atoms with van der Waals surface area (Å²) < 4.78 is 6.89. The topological polar surface area (TPSA) is 47.0 Å². The number of hydrogen-bond donors (Lipinski definition) is 1. The maximum absolute atomic E-state index is 12.1. The first-order valence-corrected chi connectivity index (χ1v) is 6.56. The van der Waals surface area contributed by atoms with Crippen LogP contribution in [0, 0.1) is 0 Å². The molecule has 3 rings (SSSR count). The third-order valence-corrected chi connectivity index (χ3v) is 3.49. The van der Waals surface area contributed by atoms with E-state index in [-0.39, 0.29) is 5.69 Å². The predicted molar refractivity (Wildman–Crippen MR) is 79.7 cm³/mol. The number of aromatic amines is 1. The average molecular weight is 289 g/mol. The minimum atomic E-state index is -0.136. The number of nitrogens with zero attached hydrogens (tertiary/aromatic N) is 1. The van der Waals surface area contributed by atoms with Gasteiger partial charge in [-0.1, -0.05) is 23.7 Å². The van der Waals surface area contributed by atoms with Crippen molar-refractivity contribution in [3.8, 4) is 5.75 Å². The van der Waals surface area contributed by atoms with E-state index in [0.717, 1.165) is 22.3 Å². The van der Waals surface area contributed by atoms with Crippen molar-refractivity contribution in [1.82, 2.24) is 9.55 Å². The molecule has 0 spiro atoms. The van der Waals surface area contributed by atoms with Gasteiger partial charge in [-0.05, 0) is 29.8 Å². The largest absolute Gasteiger partial charge is 0.497 e. The lowest BCUT2D eigenvalue weighted by molar-refractivity contribution is 0.415. The molecule has 5 heteroatoms. The van der Waals surface area contributed by atoms with Crippen LogP contribution in [-0.2, 0) is 6.54 Å². The Labute approximate surface area is 120 Å². The number of hydrogen-bond acceptors (Lipinski definition) is 2. The van der Waals surface area contributed by atoms with E-state index in [0.29, 0.717) is 11.6 Å². The zero-order valence-electron chi connectivity index (χ0n) is 10.9. The molecule has 1 heterocycles. The summed E-state index contributed by atoms with van der Waals surface area (Å²) in [7, 11) is 1.61. The molecule has 0 unspecified atom stereocenters. The van der Waals surface area contributed by atoms with Crippen LogP contribution < -0.4 is 10.4 Å². The molecule has 3 aromatic rings. The van der Waals surface area contributed by atoms with Gasteiger partial charge in [0.25, 0.3) is 0 Å². The maximum Gasteiger partial charge on any atom is 0.326 e. The molecule has 0 aliphatic carbocycles. The highest BCUT2D eigenvalue weighted by Gasteiger charge is 2.08. The third kappa shape index (κ3) is 2.30. The lowest BCUT2D eigenvalue weighted by Crippen LogP contribution is -2.17. The molecule has 0 atom stereocenters. The Balaban J connectivity index is 2.08. The van der Waals surface area contributed by atoms with Crippen molar-refractivity contribution in [3.05, 3.63) is 63.5 Å². The molecule has 0 aliphatic rings. The summed E-state index contributed by atoms with van der Waals surface area (Å²) in [4.78, 5) is 14.9. The fourth-order valence-electron chi connectivity index (χ4n) is 2.19. The van der Waals surface area contributed by atoms with Gasteiger partial charge in [-0.3, -0.25) is 4.57 Å². The van der Waals surface area contributed by atoms with Crippen molar-refractivity contribution in [3.63, 3.8) is 0 Å². The molecule has 0 fully saturated rings. The van der Waals surface area contributed by atoms with Crippen LogP contribution in [0.2, 0.25) is 5.02 Å². The van der Waals surface area contributed by atoms with E-state index in [1.165, 1.54) is 0 Å². The van der Waals surface area contributed by atoms with Crippen LogP contribution in [0.3, 0.4) is 0 Å². The van der Waals surface area contributed by atoms with Crippen molar-refractivity contribution in [2.24, 2.45) is 0 Å². The lowest BCUT2D eigenvalue weighted by atomic mass is 10.2. The van der Waals surface area contributed by atoms with E-state index >= 15 is 0 Å². The van der Waals surface area contributed by atoms with Gasteiger partial charge >= 0.3 is 5.69 Å². The molecule has 2 aromatic carbocycles. The van der Waals surface area contributed by atoms with Crippen molar-refractivity contribution in [2.45, 2.75) is 6.54 Å². The van der Waals surface area contributed by atoms with Crippen LogP contribution in [-0.4, -0.2) is 16.7 Å². The quantitative estimate of drug-likeness (QED) is 0.805. The van der Waals surface area contributed by atoms with Crippen molar-refractivity contribution in [1.29, 1.82) is 0 Å². The molecule has 0 amide bonds. The monoisotopic (exact) mass is 288 g/mol. The standard InChI is InChI=1S/C15H13ClN2O2/c1-20-12-6-7-13-14(8-12)18(15(19)17-13)9-10-2-4-11(16)5-3-10/h2-8H,9H2,1H3,(H,17,19). The van der Waals surface area contributed by atoms with Gasteiger partial charge in [0.1, 0.15) is 5.75 Å². The second-order valence-electron chi connectivity index (χ2n) is 4.53. The number of ether oxygens (including phenoxy) is 1. The van der Waals surface area contributed by atoms with E-state index < -0.39 is 0 Å². The lowest BCUT2D eigenvalue weighted by Gasteiger charge is -2.05. The molecule has 0 bridgehead atoms. The van der Waals surface area contributed by atoms with Crippen LogP contribution in [0.5, 0.6) is 5.75 Å². The summed E-state index contributed by atoms with van der Waals surface area (Å²) in [5, 5.41) is 0.682. The van der Waals surface area contributed by atoms with Crippen molar-refractivity contribution in [2.75, 3.05) is 7.11 Å². The molecule has 4 nitrogen and oxygen atoms in total. The summed E-state index contributed by atoms with van der Waals surface area (Å²) in [6.07, 6.45) is 0. The number of H-pyrrole nitrogens is 1. The molecule has 102 valence electrons. The minimum absolute atomic E-state index is 0.136. The minimum Gasteiger partial charge on any atom is -0.497 e. The Morgan fingerprint density at radius 3 is 2.65 bits per heavy atom. The molecule has 0 radical (unpaired) electrons. The van der Waals surface area contributed by atoms with Gasteiger partial charge in [0, 0.05) is 11.1 Å². The summed E-state index contributed by atoms with van der Waals surface area (Å²) in [6, 6.07) is 13.0. The van der Waals surface area contributed by atoms with Crippen LogP contribution >= 0.6 is 11.6 Å². The predicted octanol–water partition coefficient (Wildman–Crippen LogP) is 3.04. The number of halogens is 1. The molecule has 0 aliphatic heterocycles. The highest BCUT2D eigenvalue weighted by molar-refractivity contribution is 6.30. The van der Waals surface area contributed by atoms with E-state index in [2.05, 4.69) is 4.98 Å². The van der Waals surface area contributed by atoms with Gasteiger partial charge in [-0.2, -0.15) is 0 Å². The fourth-order valence-corrected chi connectivity index (χ4v) is 2.31. The third-order valence-electron chi connectivity index (χ3n) is 3.24. The second-order valence-corrected chi connectivity index (χ2v) is 4.96. The van der Waals surface area contributed by atoms with Crippen molar-refractivity contribution < 1.29 is 4.74 Å². The van der Waals surface area contributed by atoms with Gasteiger partial charge < -0.3 is 9.72 Å². The number of benzene rings is 2. The summed E-state index contributed by atoms with van der Waals surface area (Å²) in [5.74, 6) is 0.723. The number of fused-ring (bicyclic) bond motifs is 1. The summed E-state index contributed by atoms with van der Waals surface area (Å²) in [6.45, 7) is 0.489. The van der Waals surface area contributed by atoms with Crippen LogP contribution in [0.15, 0.2) is 47.3 Å². The van der Waals surface area contributed by atoms with E-state index in [4.69, 9.17) is 16.3 Å². The van der Waals surface area contributed by atoms with E-state index in [9.17, 15) is 4.79 Å². The van der Waals surface area contributed by atoms with Gasteiger partial charge in [0.2, 0.25) is 0 Å². The Kier molecular flexibility index (Phi) is 3.24. The number of imidazole rings is 1. The summed E-state index contributed by atoms with van der Waals surface area (Å²) in [5.41, 5.74) is 2.50. The first-order valence-electron chi connectivity index (χ1n) is 6.18. The molecule has 0 saturated heterocycles. The van der Waals surface area contributed by atoms with Crippen molar-refractivity contribution >= 4 is 22.6 Å². The number of rotatable bonds is 3. The van der Waals surface area contributed by atoms with E-state index in [1.807, 2.05) is 42.5 Å². The van der Waals surface area contributed by atoms with Gasteiger partial charge in [-0.25, -0.2) is 4.79 Å². The first-order chi connectivity index (χ1) is 9.67. The number of nitrogens with one attached hydrogen (secondary N) is 1. The zero-order chi connectivity index (χ0) is 14.1. The van der Waals surface area contributed by atoms with Crippen LogP contribution in [0.25, 0.3) is 11.0 Å². The Morgan fingerprint density at radius 1 is 1.20 bits per heavy atom. The van der Waals surface area contributed by atoms with Gasteiger partial charge in [0.15, 0.2) is 0 Å². The number of methoxy groups -OCH3 is 1. The Bertz CT molecular complexity index is 803. The molecule has 1 N–H and O–H groups in total. The molecule has 1 aromatic heterocycles. The smallest absolute Gasteiger partial charge is 0.326 e. The SMILES string of the molecule is COc1ccc2[nH]c(=O)n(Cc3ccc(Cl)cc3)c2c1. The molecular weight excluding hydrogens is 276 g/mol. The van der Waals surface area contributed by atoms with Crippen LogP contribution in [0.4, 0.5) is 0 Å². The Hall–Kier alpha value is -2.20. The highest BCUT2D eigenvalue weighted by atomic mass is 35.5. The molecular formula is C15H13ClN2O2.